The molecule has 1 heterocycles. The molecule has 0 aliphatic carbocycles. The van der Waals surface area contributed by atoms with Crippen LogP contribution in [0.1, 0.15) is 59.1 Å². The Balaban J connectivity index is 2.27. The van der Waals surface area contributed by atoms with Gasteiger partial charge in [-0.25, -0.2) is 0 Å². The Morgan fingerprint density at radius 1 is 1.13 bits per heavy atom. The lowest BCUT2D eigenvalue weighted by Crippen LogP contribution is -2.27. The Kier molecular flexibility index (Phi) is 5.70. The first-order chi connectivity index (χ1) is 14.3. The number of carbonyl (C=O) groups excluding carboxylic acids is 1. The summed E-state index contributed by atoms with van der Waals surface area (Å²) in [4.78, 5) is 13.9. The molecule has 2 N–H and O–H groups in total. The largest absolute Gasteiger partial charge is 0.504 e. The summed E-state index contributed by atoms with van der Waals surface area (Å²) in [5.74, 6) is -0.406. The normalized spacial score (nSPS) is 12.2. The topological polar surface area (TPSA) is 80.0 Å². The number of amides is 1. The highest BCUT2D eigenvalue weighted by Gasteiger charge is 2.32. The van der Waals surface area contributed by atoms with Crippen molar-refractivity contribution in [1.29, 1.82) is 0 Å². The number of hydrogen-bond donors (Lipinski definition) is 2. The van der Waals surface area contributed by atoms with Gasteiger partial charge in [0.2, 0.25) is 0 Å². The minimum atomic E-state index is -0.339. The molecule has 164 valence electrons. The number of rotatable bonds is 5. The molecular weight excluding hydrogens is 388 g/mol. The van der Waals surface area contributed by atoms with Gasteiger partial charge in [-0.3, -0.25) is 4.79 Å². The van der Waals surface area contributed by atoms with Gasteiger partial charge in [-0.15, -0.1) is 15.0 Å². The van der Waals surface area contributed by atoms with Crippen molar-refractivity contribution < 1.29 is 9.90 Å². The smallest absolute Gasteiger partial charge is 0.250 e. The molecule has 0 saturated heterocycles. The van der Waals surface area contributed by atoms with E-state index in [1.807, 2.05) is 37.3 Å². The summed E-state index contributed by atoms with van der Waals surface area (Å²) in [6.45, 7) is 18.2. The third-order valence-corrected chi connectivity index (χ3v) is 5.37. The summed E-state index contributed by atoms with van der Waals surface area (Å²) in [7, 11) is 0. The van der Waals surface area contributed by atoms with E-state index in [4.69, 9.17) is 0 Å². The van der Waals surface area contributed by atoms with Crippen molar-refractivity contribution in [2.75, 3.05) is 5.32 Å². The number of fused-ring (bicyclic) bond motifs is 1. The summed E-state index contributed by atoms with van der Waals surface area (Å²) in [5.41, 5.74) is 4.32. The van der Waals surface area contributed by atoms with E-state index in [1.54, 1.807) is 6.92 Å². The third kappa shape index (κ3) is 4.63. The van der Waals surface area contributed by atoms with E-state index in [9.17, 15) is 9.90 Å². The predicted octanol–water partition coefficient (Wildman–Crippen LogP) is 5.66. The van der Waals surface area contributed by atoms with Crippen molar-refractivity contribution in [2.24, 2.45) is 5.41 Å². The molecule has 0 fully saturated rings. The molecule has 0 bridgehead atoms. The van der Waals surface area contributed by atoms with Crippen LogP contribution in [0.3, 0.4) is 0 Å². The average molecular weight is 421 g/mol. The van der Waals surface area contributed by atoms with Crippen LogP contribution in [0.4, 0.5) is 5.69 Å². The SMILES string of the molecule is C=C(C)C(=O)Nc1c(C)c(C(C)(C)CC(C)(C)C)cc(-n2nc3ccccc3n2)c1O. The van der Waals surface area contributed by atoms with E-state index in [-0.39, 0.29) is 22.5 Å². The molecule has 0 unspecified atom stereocenters. The fourth-order valence-corrected chi connectivity index (χ4v) is 4.37. The highest BCUT2D eigenvalue weighted by Crippen LogP contribution is 2.44. The molecule has 0 spiro atoms. The molecule has 6 heteroatoms. The first-order valence-corrected chi connectivity index (χ1v) is 10.5. The van der Waals surface area contributed by atoms with Crippen molar-refractivity contribution in [1.82, 2.24) is 15.0 Å². The van der Waals surface area contributed by atoms with Crippen LogP contribution >= 0.6 is 0 Å². The van der Waals surface area contributed by atoms with Gasteiger partial charge in [0.25, 0.3) is 5.91 Å². The lowest BCUT2D eigenvalue weighted by Gasteiger charge is -2.35. The van der Waals surface area contributed by atoms with Gasteiger partial charge in [0, 0.05) is 5.57 Å². The summed E-state index contributed by atoms with van der Waals surface area (Å²) in [5, 5.41) is 23.1. The van der Waals surface area contributed by atoms with Crippen molar-refractivity contribution in [3.63, 3.8) is 0 Å². The zero-order valence-electron chi connectivity index (χ0n) is 19.5. The maximum Gasteiger partial charge on any atom is 0.250 e. The van der Waals surface area contributed by atoms with Gasteiger partial charge in [0.15, 0.2) is 5.75 Å². The highest BCUT2D eigenvalue weighted by atomic mass is 16.3. The molecule has 2 aromatic carbocycles. The molecule has 3 rings (SSSR count). The quantitative estimate of drug-likeness (QED) is 0.412. The number of anilines is 1. The minimum absolute atomic E-state index is 0.0669. The van der Waals surface area contributed by atoms with E-state index in [0.29, 0.717) is 16.9 Å². The Morgan fingerprint density at radius 3 is 2.16 bits per heavy atom. The number of benzene rings is 2. The van der Waals surface area contributed by atoms with Gasteiger partial charge in [0.1, 0.15) is 16.7 Å². The van der Waals surface area contributed by atoms with E-state index in [1.165, 1.54) is 4.80 Å². The minimum Gasteiger partial charge on any atom is -0.504 e. The van der Waals surface area contributed by atoms with Crippen LogP contribution in [0.5, 0.6) is 5.75 Å². The van der Waals surface area contributed by atoms with E-state index in [2.05, 4.69) is 56.7 Å². The molecule has 0 atom stereocenters. The summed E-state index contributed by atoms with van der Waals surface area (Å²) >= 11 is 0. The zero-order valence-corrected chi connectivity index (χ0v) is 19.5. The van der Waals surface area contributed by atoms with Crippen LogP contribution < -0.4 is 5.32 Å². The fraction of sp³-hybridized carbons (Fsp3) is 0.400. The zero-order chi connectivity index (χ0) is 23.1. The Hall–Kier alpha value is -3.15. The molecule has 31 heavy (non-hydrogen) atoms. The fourth-order valence-electron chi connectivity index (χ4n) is 4.37. The number of aromatic nitrogens is 3. The van der Waals surface area contributed by atoms with Gasteiger partial charge in [0.05, 0.1) is 5.69 Å². The molecule has 3 aromatic rings. The number of nitrogens with one attached hydrogen (secondary N) is 1. The molecule has 0 saturated carbocycles. The summed E-state index contributed by atoms with van der Waals surface area (Å²) in [6.07, 6.45) is 0.910. The molecule has 1 aromatic heterocycles. The second-order valence-corrected chi connectivity index (χ2v) is 10.1. The number of phenols is 1. The molecular formula is C25H32N4O2. The maximum absolute atomic E-state index is 12.4. The lowest BCUT2D eigenvalue weighted by molar-refractivity contribution is -0.112. The Labute approximate surface area is 184 Å². The molecule has 0 radical (unpaired) electrons. The summed E-state index contributed by atoms with van der Waals surface area (Å²) < 4.78 is 0. The number of aromatic hydroxyl groups is 1. The van der Waals surface area contributed by atoms with Gasteiger partial charge in [-0.2, -0.15) is 0 Å². The molecule has 6 nitrogen and oxygen atoms in total. The van der Waals surface area contributed by atoms with Gasteiger partial charge >= 0.3 is 0 Å². The molecule has 0 aliphatic rings. The first-order valence-electron chi connectivity index (χ1n) is 10.5. The van der Waals surface area contributed by atoms with E-state index in [0.717, 1.165) is 28.6 Å². The molecule has 0 aliphatic heterocycles. The van der Waals surface area contributed by atoms with Gasteiger partial charge < -0.3 is 10.4 Å². The Morgan fingerprint density at radius 2 is 1.68 bits per heavy atom. The Bertz CT molecular complexity index is 1130. The van der Waals surface area contributed by atoms with E-state index < -0.39 is 0 Å². The standard InChI is InChI=1S/C25H32N4O2/c1-15(2)23(31)26-21-16(3)17(25(7,8)14-24(4,5)6)13-20(22(21)30)29-27-18-11-9-10-12-19(18)28-29/h9-13,30H,1,14H2,2-8H3,(H,26,31). The third-order valence-electron chi connectivity index (χ3n) is 5.37. The first kappa shape index (κ1) is 22.5. The van der Waals surface area contributed by atoms with Crippen LogP contribution in [0, 0.1) is 12.3 Å². The predicted molar refractivity (Wildman–Crippen MR) is 126 cm³/mol. The van der Waals surface area contributed by atoms with Crippen LogP contribution in [0.15, 0.2) is 42.5 Å². The van der Waals surface area contributed by atoms with Crippen LogP contribution in [-0.4, -0.2) is 26.0 Å². The van der Waals surface area contributed by atoms with Crippen LogP contribution in [0.2, 0.25) is 0 Å². The van der Waals surface area contributed by atoms with Crippen molar-refractivity contribution >= 4 is 22.6 Å². The second kappa shape index (κ2) is 7.84. The number of hydrogen-bond acceptors (Lipinski definition) is 4. The monoisotopic (exact) mass is 420 g/mol. The van der Waals surface area contributed by atoms with Crippen molar-refractivity contribution in [2.45, 2.75) is 60.3 Å². The molecule has 1 amide bonds. The number of carbonyl (C=O) groups is 1. The van der Waals surface area contributed by atoms with Crippen molar-refractivity contribution in [3.8, 4) is 11.4 Å². The van der Waals surface area contributed by atoms with Crippen LogP contribution in [-0.2, 0) is 10.2 Å². The van der Waals surface area contributed by atoms with E-state index >= 15 is 0 Å². The average Bonchev–Trinajstić information content (AvgIpc) is 3.06. The highest BCUT2D eigenvalue weighted by molar-refractivity contribution is 6.04. The second-order valence-electron chi connectivity index (χ2n) is 10.1. The van der Waals surface area contributed by atoms with Gasteiger partial charge in [-0.05, 0) is 60.4 Å². The lowest BCUT2D eigenvalue weighted by atomic mass is 9.71. The number of nitrogens with zero attached hydrogens (tertiary/aromatic N) is 3. The van der Waals surface area contributed by atoms with Gasteiger partial charge in [-0.1, -0.05) is 53.3 Å². The maximum atomic E-state index is 12.4. The van der Waals surface area contributed by atoms with Crippen molar-refractivity contribution in [3.05, 3.63) is 53.6 Å². The number of phenolic OH excluding ortho intramolecular Hbond substituents is 1. The van der Waals surface area contributed by atoms with Crippen LogP contribution in [0.25, 0.3) is 16.7 Å². The summed E-state index contributed by atoms with van der Waals surface area (Å²) in [6, 6.07) is 9.47.